The van der Waals surface area contributed by atoms with Crippen LogP contribution in [-0.4, -0.2) is 20.5 Å². The van der Waals surface area contributed by atoms with Crippen molar-refractivity contribution in [2.24, 2.45) is 13.0 Å². The van der Waals surface area contributed by atoms with Crippen LogP contribution in [0.2, 0.25) is 0 Å². The summed E-state index contributed by atoms with van der Waals surface area (Å²) in [5.41, 5.74) is 0. The van der Waals surface area contributed by atoms with Gasteiger partial charge in [0, 0.05) is 13.5 Å². The monoisotopic (exact) mass is 179 g/mol. The molecular weight excluding hydrogens is 166 g/mol. The number of carbonyl (C=O) groups excluding carboxylic acids is 1. The number of aromatic nitrogens is 3. The van der Waals surface area contributed by atoms with Gasteiger partial charge in [0.05, 0.1) is 0 Å². The maximum atomic E-state index is 11.6. The van der Waals surface area contributed by atoms with Gasteiger partial charge >= 0.3 is 0 Å². The van der Waals surface area contributed by atoms with E-state index in [1.54, 1.807) is 11.7 Å². The molecule has 0 aromatic carbocycles. The molecule has 0 radical (unpaired) electrons. The Bertz CT molecular complexity index is 314. The van der Waals surface area contributed by atoms with E-state index in [0.29, 0.717) is 18.2 Å². The zero-order chi connectivity index (χ0) is 9.26. The lowest BCUT2D eigenvalue weighted by Crippen LogP contribution is -2.18. The lowest BCUT2D eigenvalue weighted by molar-refractivity contribution is 0.0922. The molecule has 1 aromatic rings. The third-order valence-corrected chi connectivity index (χ3v) is 2.66. The maximum absolute atomic E-state index is 11.6. The van der Waals surface area contributed by atoms with Crippen LogP contribution in [0.15, 0.2) is 6.33 Å². The van der Waals surface area contributed by atoms with Crippen molar-refractivity contribution in [2.75, 3.05) is 0 Å². The Morgan fingerprint density at radius 3 is 2.92 bits per heavy atom. The van der Waals surface area contributed by atoms with E-state index in [9.17, 15) is 4.79 Å². The smallest absolute Gasteiger partial charge is 0.200 e. The molecule has 0 bridgehead atoms. The second-order valence-electron chi connectivity index (χ2n) is 3.63. The molecule has 0 saturated heterocycles. The highest BCUT2D eigenvalue weighted by Crippen LogP contribution is 2.30. The van der Waals surface area contributed by atoms with Gasteiger partial charge in [-0.05, 0) is 18.8 Å². The Balaban J connectivity index is 2.00. The standard InChI is InChI=1S/C9H13N3O/c1-12-9(10-6-11-12)8(13)5-7-3-2-4-7/h6-7H,2-5H2,1H3. The van der Waals surface area contributed by atoms with E-state index in [1.807, 2.05) is 0 Å². The van der Waals surface area contributed by atoms with Gasteiger partial charge in [-0.3, -0.25) is 4.79 Å². The highest BCUT2D eigenvalue weighted by atomic mass is 16.1. The number of aryl methyl sites for hydroxylation is 1. The van der Waals surface area contributed by atoms with Crippen molar-refractivity contribution >= 4 is 5.78 Å². The van der Waals surface area contributed by atoms with Crippen LogP contribution in [0.1, 0.15) is 36.3 Å². The second kappa shape index (κ2) is 3.28. The molecule has 2 rings (SSSR count). The topological polar surface area (TPSA) is 47.8 Å². The summed E-state index contributed by atoms with van der Waals surface area (Å²) in [4.78, 5) is 15.5. The van der Waals surface area contributed by atoms with Gasteiger partial charge in [-0.1, -0.05) is 6.42 Å². The molecule has 1 saturated carbocycles. The highest BCUT2D eigenvalue weighted by Gasteiger charge is 2.23. The summed E-state index contributed by atoms with van der Waals surface area (Å²) in [5, 5.41) is 3.87. The van der Waals surface area contributed by atoms with Gasteiger partial charge in [-0.15, -0.1) is 0 Å². The van der Waals surface area contributed by atoms with Crippen LogP contribution in [0, 0.1) is 5.92 Å². The van der Waals surface area contributed by atoms with Crippen molar-refractivity contribution in [3.63, 3.8) is 0 Å². The number of nitrogens with zero attached hydrogens (tertiary/aromatic N) is 3. The minimum Gasteiger partial charge on any atom is -0.291 e. The van der Waals surface area contributed by atoms with Gasteiger partial charge < -0.3 is 0 Å². The Labute approximate surface area is 77.0 Å². The average Bonchev–Trinajstić information content (AvgIpc) is 2.43. The molecule has 70 valence electrons. The minimum absolute atomic E-state index is 0.129. The predicted octanol–water partition coefficient (Wildman–Crippen LogP) is 1.19. The zero-order valence-electron chi connectivity index (χ0n) is 7.73. The van der Waals surface area contributed by atoms with E-state index in [2.05, 4.69) is 10.1 Å². The first kappa shape index (κ1) is 8.41. The summed E-state index contributed by atoms with van der Waals surface area (Å²) in [6.45, 7) is 0. The van der Waals surface area contributed by atoms with Crippen molar-refractivity contribution in [2.45, 2.75) is 25.7 Å². The number of ketones is 1. The molecule has 0 N–H and O–H groups in total. The van der Waals surface area contributed by atoms with E-state index >= 15 is 0 Å². The van der Waals surface area contributed by atoms with E-state index in [-0.39, 0.29) is 5.78 Å². The molecule has 1 aliphatic rings. The summed E-state index contributed by atoms with van der Waals surface area (Å²) in [6, 6.07) is 0. The number of hydrogen-bond acceptors (Lipinski definition) is 3. The molecule has 0 aliphatic heterocycles. The summed E-state index contributed by atoms with van der Waals surface area (Å²) < 4.78 is 1.54. The van der Waals surface area contributed by atoms with Crippen LogP contribution >= 0.6 is 0 Å². The molecule has 4 nitrogen and oxygen atoms in total. The lowest BCUT2D eigenvalue weighted by Gasteiger charge is -2.23. The number of carbonyl (C=O) groups is 1. The third kappa shape index (κ3) is 1.61. The molecule has 1 aromatic heterocycles. The first-order valence-electron chi connectivity index (χ1n) is 4.64. The first-order chi connectivity index (χ1) is 6.27. The van der Waals surface area contributed by atoms with Crippen molar-refractivity contribution < 1.29 is 4.79 Å². The van der Waals surface area contributed by atoms with Crippen LogP contribution in [0.5, 0.6) is 0 Å². The Kier molecular flexibility index (Phi) is 2.12. The van der Waals surface area contributed by atoms with E-state index < -0.39 is 0 Å². The van der Waals surface area contributed by atoms with Crippen LogP contribution in [0.3, 0.4) is 0 Å². The molecule has 0 spiro atoms. The quantitative estimate of drug-likeness (QED) is 0.655. The fraction of sp³-hybridized carbons (Fsp3) is 0.667. The van der Waals surface area contributed by atoms with E-state index in [0.717, 1.165) is 0 Å². The van der Waals surface area contributed by atoms with Gasteiger partial charge in [0.2, 0.25) is 0 Å². The Morgan fingerprint density at radius 1 is 1.69 bits per heavy atom. The Morgan fingerprint density at radius 2 is 2.46 bits per heavy atom. The molecule has 0 atom stereocenters. The van der Waals surface area contributed by atoms with Crippen LogP contribution < -0.4 is 0 Å². The Hall–Kier alpha value is -1.19. The molecule has 0 unspecified atom stereocenters. The summed E-state index contributed by atoms with van der Waals surface area (Å²) in [7, 11) is 1.75. The fourth-order valence-corrected chi connectivity index (χ4v) is 1.60. The number of hydrogen-bond donors (Lipinski definition) is 0. The van der Waals surface area contributed by atoms with Crippen molar-refractivity contribution in [1.29, 1.82) is 0 Å². The van der Waals surface area contributed by atoms with Gasteiger partial charge in [-0.2, -0.15) is 5.10 Å². The summed E-state index contributed by atoms with van der Waals surface area (Å²) in [6.07, 6.45) is 5.74. The van der Waals surface area contributed by atoms with Gasteiger partial charge in [0.25, 0.3) is 0 Å². The normalized spacial score (nSPS) is 17.0. The number of Topliss-reactive ketones (excluding diaryl/α,β-unsaturated/α-hetero) is 1. The lowest BCUT2D eigenvalue weighted by atomic mass is 9.82. The SMILES string of the molecule is Cn1ncnc1C(=O)CC1CCC1. The van der Waals surface area contributed by atoms with Crippen molar-refractivity contribution in [3.8, 4) is 0 Å². The minimum atomic E-state index is 0.129. The van der Waals surface area contributed by atoms with Crippen LogP contribution in [-0.2, 0) is 7.05 Å². The van der Waals surface area contributed by atoms with Gasteiger partial charge in [0.1, 0.15) is 6.33 Å². The summed E-state index contributed by atoms with van der Waals surface area (Å²) >= 11 is 0. The molecule has 0 amide bonds. The van der Waals surface area contributed by atoms with Gasteiger partial charge in [-0.25, -0.2) is 9.67 Å². The molecule has 13 heavy (non-hydrogen) atoms. The zero-order valence-corrected chi connectivity index (χ0v) is 7.73. The van der Waals surface area contributed by atoms with Crippen molar-refractivity contribution in [1.82, 2.24) is 14.8 Å². The predicted molar refractivity (Wildman–Crippen MR) is 47.3 cm³/mol. The van der Waals surface area contributed by atoms with Crippen LogP contribution in [0.25, 0.3) is 0 Å². The van der Waals surface area contributed by atoms with Crippen LogP contribution in [0.4, 0.5) is 0 Å². The molecular formula is C9H13N3O. The average molecular weight is 179 g/mol. The second-order valence-corrected chi connectivity index (χ2v) is 3.63. The van der Waals surface area contributed by atoms with Crippen molar-refractivity contribution in [3.05, 3.63) is 12.2 Å². The summed E-state index contributed by atoms with van der Waals surface area (Å²) in [5.74, 6) is 1.22. The van der Waals surface area contributed by atoms with E-state index in [1.165, 1.54) is 25.6 Å². The molecule has 1 heterocycles. The molecule has 1 fully saturated rings. The maximum Gasteiger partial charge on any atom is 0.200 e. The number of rotatable bonds is 3. The molecule has 4 heteroatoms. The third-order valence-electron chi connectivity index (χ3n) is 2.66. The fourth-order valence-electron chi connectivity index (χ4n) is 1.60. The highest BCUT2D eigenvalue weighted by molar-refractivity contribution is 5.92. The van der Waals surface area contributed by atoms with E-state index in [4.69, 9.17) is 0 Å². The first-order valence-corrected chi connectivity index (χ1v) is 4.64. The van der Waals surface area contributed by atoms with Gasteiger partial charge in [0.15, 0.2) is 11.6 Å². The largest absolute Gasteiger partial charge is 0.291 e. The molecule has 1 aliphatic carbocycles.